The molecule has 2 saturated heterocycles. The van der Waals surface area contributed by atoms with Crippen molar-refractivity contribution in [3.63, 3.8) is 0 Å². The molecule has 3 rings (SSSR count). The van der Waals surface area contributed by atoms with Gasteiger partial charge >= 0.3 is 12.0 Å². The molecule has 1 aromatic rings. The molecule has 144 valence electrons. The van der Waals surface area contributed by atoms with Gasteiger partial charge in [0.1, 0.15) is 17.9 Å². The van der Waals surface area contributed by atoms with Crippen LogP contribution < -0.4 is 5.32 Å². The van der Waals surface area contributed by atoms with Crippen LogP contribution in [0.2, 0.25) is 0 Å². The zero-order valence-electron chi connectivity index (χ0n) is 14.8. The minimum Gasteiger partial charge on any atom is -0.481 e. The molecule has 1 atom stereocenters. The topological polar surface area (TPSA) is 107 Å². The maximum absolute atomic E-state index is 13.1. The highest BCUT2D eigenvalue weighted by molar-refractivity contribution is 6.09. The first-order valence-corrected chi connectivity index (χ1v) is 8.63. The minimum atomic E-state index is -1.37. The zero-order chi connectivity index (χ0) is 19.8. The van der Waals surface area contributed by atoms with E-state index in [9.17, 15) is 23.6 Å². The van der Waals surface area contributed by atoms with Gasteiger partial charge in [0.25, 0.3) is 5.91 Å². The largest absolute Gasteiger partial charge is 0.481 e. The minimum absolute atomic E-state index is 0.272. The van der Waals surface area contributed by atoms with Crippen LogP contribution in [-0.2, 0) is 19.9 Å². The summed E-state index contributed by atoms with van der Waals surface area (Å²) in [7, 11) is 0. The number of imide groups is 1. The van der Waals surface area contributed by atoms with Crippen LogP contribution >= 0.6 is 0 Å². The van der Waals surface area contributed by atoms with Crippen LogP contribution in [0.1, 0.15) is 25.3 Å². The molecule has 2 fully saturated rings. The standard InChI is InChI=1S/C18H20FN3O5/c1-18(12-2-4-13(19)5-3-12)16(26)22(17(27)20-18)10-14(23)21-8-6-11(7-9-21)15(24)25/h2-5,11H,6-10H2,1H3,(H,20,27)(H,24,25). The second-order valence-electron chi connectivity index (χ2n) is 6.95. The molecule has 27 heavy (non-hydrogen) atoms. The molecule has 2 heterocycles. The average Bonchev–Trinajstić information content (AvgIpc) is 2.86. The lowest BCUT2D eigenvalue weighted by atomic mass is 9.92. The van der Waals surface area contributed by atoms with Crippen molar-refractivity contribution in [2.75, 3.05) is 19.6 Å². The Bertz CT molecular complexity index is 789. The van der Waals surface area contributed by atoms with Crippen LogP contribution in [0, 0.1) is 11.7 Å². The maximum atomic E-state index is 13.1. The van der Waals surface area contributed by atoms with Crippen molar-refractivity contribution in [2.24, 2.45) is 5.92 Å². The summed E-state index contributed by atoms with van der Waals surface area (Å²) in [5.74, 6) is -2.83. The molecule has 2 N–H and O–H groups in total. The summed E-state index contributed by atoms with van der Waals surface area (Å²) in [6.45, 7) is 1.63. The monoisotopic (exact) mass is 377 g/mol. The number of nitrogens with zero attached hydrogens (tertiary/aromatic N) is 2. The fourth-order valence-corrected chi connectivity index (χ4v) is 3.43. The zero-order valence-corrected chi connectivity index (χ0v) is 14.8. The van der Waals surface area contributed by atoms with Gasteiger partial charge in [0.05, 0.1) is 5.92 Å². The molecule has 1 aromatic carbocycles. The van der Waals surface area contributed by atoms with Crippen LogP contribution in [0.5, 0.6) is 0 Å². The van der Waals surface area contributed by atoms with Gasteiger partial charge in [0.15, 0.2) is 0 Å². The third-order valence-electron chi connectivity index (χ3n) is 5.19. The predicted octanol–water partition coefficient (Wildman–Crippen LogP) is 0.916. The molecule has 0 aliphatic carbocycles. The van der Waals surface area contributed by atoms with Crippen molar-refractivity contribution in [3.05, 3.63) is 35.6 Å². The van der Waals surface area contributed by atoms with E-state index in [1.807, 2.05) is 0 Å². The van der Waals surface area contributed by atoms with Crippen LogP contribution in [0.4, 0.5) is 9.18 Å². The van der Waals surface area contributed by atoms with Gasteiger partial charge < -0.3 is 15.3 Å². The maximum Gasteiger partial charge on any atom is 0.325 e. The molecule has 0 radical (unpaired) electrons. The van der Waals surface area contributed by atoms with E-state index in [1.54, 1.807) is 0 Å². The molecule has 0 spiro atoms. The van der Waals surface area contributed by atoms with Gasteiger partial charge in [-0.05, 0) is 37.5 Å². The van der Waals surface area contributed by atoms with E-state index in [0.717, 1.165) is 4.90 Å². The number of nitrogens with one attached hydrogen (secondary N) is 1. The number of carboxylic acid groups (broad SMARTS) is 1. The van der Waals surface area contributed by atoms with Gasteiger partial charge in [-0.3, -0.25) is 19.3 Å². The van der Waals surface area contributed by atoms with Crippen molar-refractivity contribution < 1.29 is 28.7 Å². The first-order chi connectivity index (χ1) is 12.7. The Hall–Kier alpha value is -2.97. The van der Waals surface area contributed by atoms with E-state index in [0.29, 0.717) is 18.4 Å². The van der Waals surface area contributed by atoms with Crippen LogP contribution in [0.3, 0.4) is 0 Å². The highest BCUT2D eigenvalue weighted by Crippen LogP contribution is 2.29. The van der Waals surface area contributed by atoms with Gasteiger partial charge in [0, 0.05) is 13.1 Å². The van der Waals surface area contributed by atoms with Gasteiger partial charge in [-0.2, -0.15) is 0 Å². The molecule has 1 unspecified atom stereocenters. The van der Waals surface area contributed by atoms with E-state index in [2.05, 4.69) is 5.32 Å². The number of piperidine rings is 1. The van der Waals surface area contributed by atoms with E-state index >= 15 is 0 Å². The van der Waals surface area contributed by atoms with E-state index in [4.69, 9.17) is 5.11 Å². The Labute approximate surface area is 154 Å². The Balaban J connectivity index is 1.68. The molecule has 0 bridgehead atoms. The van der Waals surface area contributed by atoms with Crippen molar-refractivity contribution in [2.45, 2.75) is 25.3 Å². The fraction of sp³-hybridized carbons (Fsp3) is 0.444. The summed E-state index contributed by atoms with van der Waals surface area (Å²) in [5.41, 5.74) is -0.957. The van der Waals surface area contributed by atoms with E-state index in [-0.39, 0.29) is 13.1 Å². The first-order valence-electron chi connectivity index (χ1n) is 8.63. The highest BCUT2D eigenvalue weighted by Gasteiger charge is 2.49. The summed E-state index contributed by atoms with van der Waals surface area (Å²) in [5, 5.41) is 11.6. The number of hydrogen-bond donors (Lipinski definition) is 2. The SMILES string of the molecule is CC1(c2ccc(F)cc2)NC(=O)N(CC(=O)N2CCC(C(=O)O)CC2)C1=O. The molecule has 0 aromatic heterocycles. The number of carbonyl (C=O) groups excluding carboxylic acids is 3. The third-order valence-corrected chi connectivity index (χ3v) is 5.19. The molecule has 2 aliphatic rings. The van der Waals surface area contributed by atoms with E-state index < -0.39 is 47.6 Å². The quantitative estimate of drug-likeness (QED) is 0.759. The molecule has 4 amide bonds. The van der Waals surface area contributed by atoms with Gasteiger partial charge in [-0.25, -0.2) is 9.18 Å². The number of amides is 4. The number of benzene rings is 1. The Morgan fingerprint density at radius 1 is 1.22 bits per heavy atom. The molecule has 9 heteroatoms. The van der Waals surface area contributed by atoms with E-state index in [1.165, 1.54) is 36.1 Å². The number of halogens is 1. The lowest BCUT2D eigenvalue weighted by Gasteiger charge is -2.31. The summed E-state index contributed by atoms with van der Waals surface area (Å²) in [6.07, 6.45) is 0.684. The highest BCUT2D eigenvalue weighted by atomic mass is 19.1. The summed E-state index contributed by atoms with van der Waals surface area (Å²) in [4.78, 5) is 50.8. The van der Waals surface area contributed by atoms with Crippen molar-refractivity contribution >= 4 is 23.8 Å². The number of carbonyl (C=O) groups is 4. The summed E-state index contributed by atoms with van der Waals surface area (Å²) < 4.78 is 13.1. The van der Waals surface area contributed by atoms with Crippen LogP contribution in [-0.4, -0.2) is 58.4 Å². The fourth-order valence-electron chi connectivity index (χ4n) is 3.43. The second-order valence-corrected chi connectivity index (χ2v) is 6.95. The molecule has 8 nitrogen and oxygen atoms in total. The molecular weight excluding hydrogens is 357 g/mol. The molecule has 0 saturated carbocycles. The van der Waals surface area contributed by atoms with Crippen LogP contribution in [0.15, 0.2) is 24.3 Å². The van der Waals surface area contributed by atoms with Crippen molar-refractivity contribution in [3.8, 4) is 0 Å². The third kappa shape index (κ3) is 3.49. The number of rotatable bonds is 4. The lowest BCUT2D eigenvalue weighted by Crippen LogP contribution is -2.47. The average molecular weight is 377 g/mol. The molecule has 2 aliphatic heterocycles. The molecular formula is C18H20FN3O5. The normalized spacial score (nSPS) is 23.5. The van der Waals surface area contributed by atoms with Gasteiger partial charge in [0.2, 0.25) is 5.91 Å². The smallest absolute Gasteiger partial charge is 0.325 e. The van der Waals surface area contributed by atoms with Crippen molar-refractivity contribution in [1.82, 2.24) is 15.1 Å². The second kappa shape index (κ2) is 6.98. The van der Waals surface area contributed by atoms with Crippen LogP contribution in [0.25, 0.3) is 0 Å². The summed E-state index contributed by atoms with van der Waals surface area (Å²) >= 11 is 0. The Morgan fingerprint density at radius 2 is 1.81 bits per heavy atom. The Kier molecular flexibility index (Phi) is 4.86. The predicted molar refractivity (Wildman–Crippen MR) is 90.9 cm³/mol. The number of aliphatic carboxylic acids is 1. The lowest BCUT2D eigenvalue weighted by molar-refractivity contribution is -0.146. The first kappa shape index (κ1) is 18.8. The van der Waals surface area contributed by atoms with Gasteiger partial charge in [-0.1, -0.05) is 12.1 Å². The number of hydrogen-bond acceptors (Lipinski definition) is 4. The number of urea groups is 1. The van der Waals surface area contributed by atoms with Crippen molar-refractivity contribution in [1.29, 1.82) is 0 Å². The summed E-state index contributed by atoms with van der Waals surface area (Å²) in [6, 6.07) is 4.52. The Morgan fingerprint density at radius 3 is 2.37 bits per heavy atom. The number of likely N-dealkylation sites (tertiary alicyclic amines) is 1. The number of carboxylic acids is 1. The van der Waals surface area contributed by atoms with Gasteiger partial charge in [-0.15, -0.1) is 0 Å².